The number of thiocarbonyl (C=S) groups is 1. The van der Waals surface area contributed by atoms with E-state index in [1.54, 1.807) is 6.08 Å². The fourth-order valence-electron chi connectivity index (χ4n) is 4.89. The van der Waals surface area contributed by atoms with Gasteiger partial charge in [0.2, 0.25) is 0 Å². The van der Waals surface area contributed by atoms with Crippen LogP contribution in [-0.2, 0) is 9.59 Å². The number of aryl methyl sites for hydroxylation is 3. The van der Waals surface area contributed by atoms with Crippen molar-refractivity contribution in [2.75, 3.05) is 16.3 Å². The van der Waals surface area contributed by atoms with Gasteiger partial charge in [-0.1, -0.05) is 12.1 Å². The molecule has 0 aliphatic carbocycles. The first-order valence-electron chi connectivity index (χ1n) is 11.6. The zero-order chi connectivity index (χ0) is 24.9. The molecule has 2 heterocycles. The lowest BCUT2D eigenvalue weighted by Crippen LogP contribution is -2.54. The number of hydrogen-bond acceptors (Lipinski definition) is 4. The van der Waals surface area contributed by atoms with E-state index in [9.17, 15) is 9.59 Å². The maximum atomic E-state index is 13.5. The Morgan fingerprint density at radius 3 is 2.35 bits per heavy atom. The molecule has 0 bridgehead atoms. The van der Waals surface area contributed by atoms with Gasteiger partial charge in [0, 0.05) is 17.8 Å². The van der Waals surface area contributed by atoms with Crippen LogP contribution in [0.4, 0.5) is 11.4 Å². The van der Waals surface area contributed by atoms with Crippen molar-refractivity contribution in [2.45, 2.75) is 54.0 Å². The molecular formula is C28H31N3O2S. The second-order valence-corrected chi connectivity index (χ2v) is 10.1. The van der Waals surface area contributed by atoms with Gasteiger partial charge in [-0.15, -0.1) is 0 Å². The Hall–Kier alpha value is -3.25. The molecule has 6 heteroatoms. The molecule has 1 N–H and O–H groups in total. The number of nitrogens with one attached hydrogen (secondary N) is 1. The number of hydrogen-bond donors (Lipinski definition) is 1. The maximum Gasteiger partial charge on any atom is 0.270 e. The van der Waals surface area contributed by atoms with Gasteiger partial charge in [-0.25, -0.2) is 0 Å². The largest absolute Gasteiger partial charge is 0.363 e. The zero-order valence-electron chi connectivity index (χ0n) is 20.9. The zero-order valence-corrected chi connectivity index (χ0v) is 21.7. The van der Waals surface area contributed by atoms with E-state index in [0.29, 0.717) is 5.69 Å². The molecule has 0 unspecified atom stereocenters. The lowest BCUT2D eigenvalue weighted by Gasteiger charge is -2.43. The molecule has 1 fully saturated rings. The summed E-state index contributed by atoms with van der Waals surface area (Å²) in [5.41, 5.74) is 8.11. The monoisotopic (exact) mass is 473 g/mol. The summed E-state index contributed by atoms with van der Waals surface area (Å²) < 4.78 is 0. The SMILES string of the molecule is CCN1c2cc(C)c(/C=C3/C(=O)NC(=S)N(c4ccc(C)c(C)c4)C3=O)cc2C(C)=CC1(C)C. The maximum absolute atomic E-state index is 13.5. The van der Waals surface area contributed by atoms with Gasteiger partial charge in [-0.2, -0.15) is 0 Å². The summed E-state index contributed by atoms with van der Waals surface area (Å²) in [6.45, 7) is 15.6. The van der Waals surface area contributed by atoms with Crippen molar-refractivity contribution in [1.29, 1.82) is 0 Å². The van der Waals surface area contributed by atoms with Crippen LogP contribution in [0, 0.1) is 20.8 Å². The molecule has 0 atom stereocenters. The van der Waals surface area contributed by atoms with Crippen LogP contribution in [0.3, 0.4) is 0 Å². The van der Waals surface area contributed by atoms with Crippen LogP contribution in [0.25, 0.3) is 11.6 Å². The first-order chi connectivity index (χ1) is 15.9. The van der Waals surface area contributed by atoms with Gasteiger partial charge < -0.3 is 4.90 Å². The second-order valence-electron chi connectivity index (χ2n) is 9.68. The van der Waals surface area contributed by atoms with Gasteiger partial charge in [-0.05, 0) is 119 Å². The molecule has 0 saturated carbocycles. The summed E-state index contributed by atoms with van der Waals surface area (Å²) in [6.07, 6.45) is 3.95. The third-order valence-electron chi connectivity index (χ3n) is 6.83. The van der Waals surface area contributed by atoms with Crippen molar-refractivity contribution in [1.82, 2.24) is 5.32 Å². The summed E-state index contributed by atoms with van der Waals surface area (Å²) in [7, 11) is 0. The number of carbonyl (C=O) groups is 2. The molecule has 2 aliphatic heterocycles. The smallest absolute Gasteiger partial charge is 0.270 e. The number of likely N-dealkylation sites (N-methyl/N-ethyl adjacent to an activating group) is 1. The van der Waals surface area contributed by atoms with Crippen molar-refractivity contribution in [3.63, 3.8) is 0 Å². The van der Waals surface area contributed by atoms with Crippen molar-refractivity contribution in [3.8, 4) is 0 Å². The fourth-order valence-corrected chi connectivity index (χ4v) is 5.17. The Bertz CT molecular complexity index is 1300. The number of benzene rings is 2. The number of amides is 2. The highest BCUT2D eigenvalue weighted by atomic mass is 32.1. The number of carbonyl (C=O) groups excluding carboxylic acids is 2. The van der Waals surface area contributed by atoms with Crippen molar-refractivity contribution < 1.29 is 9.59 Å². The van der Waals surface area contributed by atoms with Gasteiger partial charge in [0.15, 0.2) is 5.11 Å². The van der Waals surface area contributed by atoms with E-state index < -0.39 is 11.8 Å². The van der Waals surface area contributed by atoms with Crippen molar-refractivity contribution in [3.05, 3.63) is 69.8 Å². The van der Waals surface area contributed by atoms with Crippen LogP contribution < -0.4 is 15.1 Å². The lowest BCUT2D eigenvalue weighted by molar-refractivity contribution is -0.122. The molecule has 2 aliphatic rings. The van der Waals surface area contributed by atoms with Gasteiger partial charge in [0.1, 0.15) is 5.57 Å². The molecule has 176 valence electrons. The summed E-state index contributed by atoms with van der Waals surface area (Å²) >= 11 is 5.36. The Kier molecular flexibility index (Phi) is 5.98. The minimum Gasteiger partial charge on any atom is -0.363 e. The number of rotatable bonds is 3. The first kappa shape index (κ1) is 23.9. The average molecular weight is 474 g/mol. The predicted molar refractivity (Wildman–Crippen MR) is 144 cm³/mol. The number of anilines is 2. The Morgan fingerprint density at radius 2 is 1.71 bits per heavy atom. The average Bonchev–Trinajstić information content (AvgIpc) is 2.73. The van der Waals surface area contributed by atoms with Gasteiger partial charge >= 0.3 is 0 Å². The fraction of sp³-hybridized carbons (Fsp3) is 0.321. The molecule has 34 heavy (non-hydrogen) atoms. The first-order valence-corrected chi connectivity index (χ1v) is 12.0. The quantitative estimate of drug-likeness (QED) is 0.365. The molecule has 4 rings (SSSR count). The van der Waals surface area contributed by atoms with E-state index in [-0.39, 0.29) is 16.2 Å². The van der Waals surface area contributed by atoms with Crippen molar-refractivity contribution >= 4 is 52.2 Å². The van der Waals surface area contributed by atoms with Crippen LogP contribution in [0.1, 0.15) is 55.5 Å². The predicted octanol–water partition coefficient (Wildman–Crippen LogP) is 5.46. The minimum atomic E-state index is -0.476. The van der Waals surface area contributed by atoms with E-state index in [0.717, 1.165) is 34.4 Å². The minimum absolute atomic E-state index is 0.0694. The lowest BCUT2D eigenvalue weighted by atomic mass is 9.86. The number of fused-ring (bicyclic) bond motifs is 1. The summed E-state index contributed by atoms with van der Waals surface area (Å²) in [6, 6.07) is 9.94. The third kappa shape index (κ3) is 3.96. The molecule has 1 saturated heterocycles. The number of nitrogens with zero attached hydrogens (tertiary/aromatic N) is 2. The van der Waals surface area contributed by atoms with Gasteiger partial charge in [-0.3, -0.25) is 19.8 Å². The molecule has 2 aromatic rings. The summed E-state index contributed by atoms with van der Waals surface area (Å²) in [4.78, 5) is 30.1. The standard InChI is InChI=1S/C28H31N3O2S/c1-8-30-24-12-18(4)20(13-22(24)19(5)15-28(30,6)7)14-23-25(32)29-27(34)31(26(23)33)21-10-9-16(2)17(3)11-21/h9-15H,8H2,1-7H3,(H,29,32,34)/b23-14-. The van der Waals surface area contributed by atoms with Crippen LogP contribution >= 0.6 is 12.2 Å². The molecule has 2 amide bonds. The molecule has 0 aromatic heterocycles. The highest BCUT2D eigenvalue weighted by Gasteiger charge is 2.35. The molecule has 5 nitrogen and oxygen atoms in total. The topological polar surface area (TPSA) is 52.7 Å². The Morgan fingerprint density at radius 1 is 1.00 bits per heavy atom. The van der Waals surface area contributed by atoms with Gasteiger partial charge in [0.25, 0.3) is 11.8 Å². The molecule has 0 radical (unpaired) electrons. The van der Waals surface area contributed by atoms with Crippen LogP contribution in [-0.4, -0.2) is 29.0 Å². The molecule has 2 aromatic carbocycles. The normalized spacial score (nSPS) is 18.7. The van der Waals surface area contributed by atoms with E-state index in [1.807, 2.05) is 39.0 Å². The second kappa shape index (κ2) is 8.51. The number of allylic oxidation sites excluding steroid dienone is 1. The Balaban J connectivity index is 1.80. The summed E-state index contributed by atoms with van der Waals surface area (Å²) in [5, 5.41) is 2.78. The highest BCUT2D eigenvalue weighted by molar-refractivity contribution is 7.80. The van der Waals surface area contributed by atoms with E-state index in [2.05, 4.69) is 56.1 Å². The van der Waals surface area contributed by atoms with E-state index >= 15 is 0 Å². The van der Waals surface area contributed by atoms with Crippen LogP contribution in [0.15, 0.2) is 42.0 Å². The van der Waals surface area contributed by atoms with Crippen LogP contribution in [0.2, 0.25) is 0 Å². The Labute approximate surface area is 207 Å². The van der Waals surface area contributed by atoms with Crippen LogP contribution in [0.5, 0.6) is 0 Å². The van der Waals surface area contributed by atoms with Gasteiger partial charge in [0.05, 0.1) is 11.2 Å². The molecular weight excluding hydrogens is 442 g/mol. The van der Waals surface area contributed by atoms with E-state index in [1.165, 1.54) is 16.2 Å². The summed E-state index contributed by atoms with van der Waals surface area (Å²) in [5.74, 6) is -0.895. The third-order valence-corrected chi connectivity index (χ3v) is 7.12. The molecule has 0 spiro atoms. The van der Waals surface area contributed by atoms with Crippen molar-refractivity contribution in [2.24, 2.45) is 0 Å². The van der Waals surface area contributed by atoms with E-state index in [4.69, 9.17) is 12.2 Å². The highest BCUT2D eigenvalue weighted by Crippen LogP contribution is 2.40.